The first kappa shape index (κ1) is 17.5. The number of amides is 1. The number of nitrogens with zero attached hydrogens (tertiary/aromatic N) is 2. The third-order valence-electron chi connectivity index (χ3n) is 3.68. The molecule has 0 aromatic carbocycles. The predicted octanol–water partition coefficient (Wildman–Crippen LogP) is 2.62. The summed E-state index contributed by atoms with van der Waals surface area (Å²) in [5.41, 5.74) is 0.00943. The van der Waals surface area contributed by atoms with Gasteiger partial charge in [0.25, 0.3) is 5.91 Å². The first-order valence-electron chi connectivity index (χ1n) is 7.31. The molecule has 1 aliphatic rings. The minimum atomic E-state index is -0.339. The predicted molar refractivity (Wildman–Crippen MR) is 87.7 cm³/mol. The van der Waals surface area contributed by atoms with Crippen molar-refractivity contribution < 1.29 is 9.53 Å². The number of ether oxygens (including phenoxy) is 1. The van der Waals surface area contributed by atoms with Gasteiger partial charge in [-0.3, -0.25) is 9.69 Å². The molecule has 0 aliphatic carbocycles. The topological polar surface area (TPSA) is 54.5 Å². The summed E-state index contributed by atoms with van der Waals surface area (Å²) >= 11 is 11.8. The fraction of sp³-hybridized carbons (Fsp3) is 0.600. The van der Waals surface area contributed by atoms with E-state index >= 15 is 0 Å². The highest BCUT2D eigenvalue weighted by Crippen LogP contribution is 2.20. The number of aromatic nitrogens is 1. The van der Waals surface area contributed by atoms with Crippen molar-refractivity contribution in [3.8, 4) is 0 Å². The molecule has 1 fully saturated rings. The largest absolute Gasteiger partial charge is 0.379 e. The number of carbonyl (C=O) groups excluding carboxylic acids is 1. The van der Waals surface area contributed by atoms with Crippen LogP contribution in [0.15, 0.2) is 12.3 Å². The summed E-state index contributed by atoms with van der Waals surface area (Å²) in [5, 5.41) is 3.56. The second kappa shape index (κ2) is 7.59. The second-order valence-electron chi connectivity index (χ2n) is 6.03. The van der Waals surface area contributed by atoms with Crippen LogP contribution in [0.2, 0.25) is 10.2 Å². The van der Waals surface area contributed by atoms with Crippen molar-refractivity contribution >= 4 is 29.1 Å². The molecule has 1 aliphatic heterocycles. The maximum atomic E-state index is 12.4. The highest BCUT2D eigenvalue weighted by atomic mass is 35.5. The molecule has 7 heteroatoms. The van der Waals surface area contributed by atoms with E-state index in [1.165, 1.54) is 12.3 Å². The van der Waals surface area contributed by atoms with E-state index in [1.807, 2.05) is 13.8 Å². The van der Waals surface area contributed by atoms with E-state index in [-0.39, 0.29) is 16.6 Å². The van der Waals surface area contributed by atoms with E-state index in [2.05, 4.69) is 15.2 Å². The Balaban J connectivity index is 1.92. The number of morpholine rings is 1. The number of pyridine rings is 1. The highest BCUT2D eigenvalue weighted by Gasteiger charge is 2.24. The molecule has 1 aromatic heterocycles. The molecule has 0 bridgehead atoms. The maximum Gasteiger partial charge on any atom is 0.253 e. The second-order valence-corrected chi connectivity index (χ2v) is 6.82. The summed E-state index contributed by atoms with van der Waals surface area (Å²) in [4.78, 5) is 18.6. The zero-order valence-corrected chi connectivity index (χ0v) is 14.4. The molecule has 2 rings (SSSR count). The Bertz CT molecular complexity index is 532. The molecule has 1 saturated heterocycles. The van der Waals surface area contributed by atoms with Crippen LogP contribution in [-0.2, 0) is 4.74 Å². The van der Waals surface area contributed by atoms with Crippen LogP contribution in [0.4, 0.5) is 0 Å². The SMILES string of the molecule is CC(C)(CCN1CCOCC1)NC(=O)c1cc(Cl)ncc1Cl. The fourth-order valence-electron chi connectivity index (χ4n) is 2.29. The minimum Gasteiger partial charge on any atom is -0.379 e. The van der Waals surface area contributed by atoms with Crippen molar-refractivity contribution in [1.29, 1.82) is 0 Å². The Labute approximate surface area is 140 Å². The van der Waals surface area contributed by atoms with Gasteiger partial charge in [-0.15, -0.1) is 0 Å². The van der Waals surface area contributed by atoms with E-state index < -0.39 is 0 Å². The van der Waals surface area contributed by atoms with E-state index in [0.29, 0.717) is 10.6 Å². The monoisotopic (exact) mass is 345 g/mol. The van der Waals surface area contributed by atoms with Crippen LogP contribution in [0.5, 0.6) is 0 Å². The van der Waals surface area contributed by atoms with Crippen LogP contribution in [0.1, 0.15) is 30.6 Å². The number of nitrogens with one attached hydrogen (secondary N) is 1. The summed E-state index contributed by atoms with van der Waals surface area (Å²) in [5.74, 6) is -0.235. The van der Waals surface area contributed by atoms with Gasteiger partial charge in [-0.05, 0) is 26.3 Å². The molecular weight excluding hydrogens is 325 g/mol. The zero-order chi connectivity index (χ0) is 16.2. The van der Waals surface area contributed by atoms with Gasteiger partial charge in [0.2, 0.25) is 0 Å². The lowest BCUT2D eigenvalue weighted by atomic mass is 9.99. The van der Waals surface area contributed by atoms with Crippen molar-refractivity contribution in [2.24, 2.45) is 0 Å². The van der Waals surface area contributed by atoms with Gasteiger partial charge in [-0.1, -0.05) is 23.2 Å². The molecule has 0 radical (unpaired) electrons. The number of hydrogen-bond donors (Lipinski definition) is 1. The molecule has 1 N–H and O–H groups in total. The molecule has 5 nitrogen and oxygen atoms in total. The lowest BCUT2D eigenvalue weighted by Crippen LogP contribution is -2.47. The average Bonchev–Trinajstić information content (AvgIpc) is 2.48. The maximum absolute atomic E-state index is 12.4. The van der Waals surface area contributed by atoms with Gasteiger partial charge in [-0.25, -0.2) is 4.98 Å². The summed E-state index contributed by atoms with van der Waals surface area (Å²) in [7, 11) is 0. The van der Waals surface area contributed by atoms with Gasteiger partial charge in [-0.2, -0.15) is 0 Å². The lowest BCUT2D eigenvalue weighted by Gasteiger charge is -2.32. The lowest BCUT2D eigenvalue weighted by molar-refractivity contribution is 0.0341. The molecule has 0 spiro atoms. The third-order valence-corrected chi connectivity index (χ3v) is 4.18. The van der Waals surface area contributed by atoms with E-state index in [0.717, 1.165) is 39.3 Å². The number of carbonyl (C=O) groups is 1. The van der Waals surface area contributed by atoms with Gasteiger partial charge in [0, 0.05) is 31.4 Å². The summed E-state index contributed by atoms with van der Waals surface area (Å²) < 4.78 is 5.33. The molecule has 22 heavy (non-hydrogen) atoms. The molecule has 0 saturated carbocycles. The molecule has 0 atom stereocenters. The smallest absolute Gasteiger partial charge is 0.253 e. The zero-order valence-electron chi connectivity index (χ0n) is 12.9. The molecule has 1 aromatic rings. The van der Waals surface area contributed by atoms with Crippen molar-refractivity contribution in [2.45, 2.75) is 25.8 Å². The van der Waals surface area contributed by atoms with E-state index in [1.54, 1.807) is 0 Å². The summed E-state index contributed by atoms with van der Waals surface area (Å²) in [6, 6.07) is 1.48. The fourth-order valence-corrected chi connectivity index (χ4v) is 2.63. The van der Waals surface area contributed by atoms with Crippen LogP contribution in [-0.4, -0.2) is 54.2 Å². The Kier molecular flexibility index (Phi) is 6.03. The van der Waals surface area contributed by atoms with Crippen molar-refractivity contribution in [2.75, 3.05) is 32.8 Å². The highest BCUT2D eigenvalue weighted by molar-refractivity contribution is 6.35. The average molecular weight is 346 g/mol. The first-order valence-corrected chi connectivity index (χ1v) is 8.07. The Morgan fingerprint density at radius 3 is 2.77 bits per heavy atom. The molecular formula is C15H21Cl2N3O2. The summed E-state index contributed by atoms with van der Waals surface area (Å²) in [6.07, 6.45) is 2.23. The van der Waals surface area contributed by atoms with Gasteiger partial charge in [0.15, 0.2) is 0 Å². The van der Waals surface area contributed by atoms with Crippen LogP contribution in [0.25, 0.3) is 0 Å². The van der Waals surface area contributed by atoms with E-state index in [9.17, 15) is 4.79 Å². The van der Waals surface area contributed by atoms with Gasteiger partial charge >= 0.3 is 0 Å². The van der Waals surface area contributed by atoms with Crippen LogP contribution in [0.3, 0.4) is 0 Å². The van der Waals surface area contributed by atoms with Crippen molar-refractivity contribution in [3.63, 3.8) is 0 Å². The quantitative estimate of drug-likeness (QED) is 0.833. The van der Waals surface area contributed by atoms with Crippen molar-refractivity contribution in [1.82, 2.24) is 15.2 Å². The van der Waals surface area contributed by atoms with Crippen LogP contribution >= 0.6 is 23.2 Å². The molecule has 122 valence electrons. The molecule has 2 heterocycles. The van der Waals surface area contributed by atoms with Gasteiger partial charge in [0.05, 0.1) is 23.8 Å². The molecule has 1 amide bonds. The summed E-state index contributed by atoms with van der Waals surface area (Å²) in [6.45, 7) is 8.35. The third kappa shape index (κ3) is 5.09. The van der Waals surface area contributed by atoms with Crippen LogP contribution < -0.4 is 5.32 Å². The Morgan fingerprint density at radius 2 is 2.09 bits per heavy atom. The normalized spacial score (nSPS) is 16.5. The number of rotatable bonds is 5. The van der Waals surface area contributed by atoms with Gasteiger partial charge in [0.1, 0.15) is 5.15 Å². The Morgan fingerprint density at radius 1 is 1.41 bits per heavy atom. The minimum absolute atomic E-state index is 0.235. The standard InChI is InChI=1S/C15H21Cl2N3O2/c1-15(2,3-4-20-5-7-22-8-6-20)19-14(21)11-9-13(17)18-10-12(11)16/h9-10H,3-8H2,1-2H3,(H,19,21). The van der Waals surface area contributed by atoms with E-state index in [4.69, 9.17) is 27.9 Å². The molecule has 0 unspecified atom stereocenters. The van der Waals surface area contributed by atoms with Gasteiger partial charge < -0.3 is 10.1 Å². The van der Waals surface area contributed by atoms with Crippen LogP contribution in [0, 0.1) is 0 Å². The number of hydrogen-bond acceptors (Lipinski definition) is 4. The Hall–Kier alpha value is -0.880. The first-order chi connectivity index (χ1) is 10.4. The number of halogens is 2. The van der Waals surface area contributed by atoms with Crippen molar-refractivity contribution in [3.05, 3.63) is 28.0 Å².